The molecule has 0 radical (unpaired) electrons. The van der Waals surface area contributed by atoms with Crippen LogP contribution in [0.1, 0.15) is 310 Å². The van der Waals surface area contributed by atoms with Crippen LogP contribution in [-0.2, 0) is 133 Å². The molecule has 0 bridgehead atoms. The fraction of sp³-hybridized carbons (Fsp3) is 0.841. The predicted octanol–water partition coefficient (Wildman–Crippen LogP) is 15.2. The number of carbonyl (C=O) groups is 14. The molecule has 28 nitrogen and oxygen atoms in total. The van der Waals surface area contributed by atoms with Crippen LogP contribution in [0, 0.1) is 75.8 Å². The highest BCUT2D eigenvalue weighted by Crippen LogP contribution is 2.39. The van der Waals surface area contributed by atoms with Gasteiger partial charge in [-0.05, 0) is 200 Å². The fourth-order valence-corrected chi connectivity index (χ4v) is 10.7. The van der Waals surface area contributed by atoms with Crippen molar-refractivity contribution in [1.82, 2.24) is 0 Å². The van der Waals surface area contributed by atoms with Crippen molar-refractivity contribution in [2.24, 2.45) is 75.8 Å². The third kappa shape index (κ3) is 28.7. The Labute approximate surface area is 692 Å². The minimum absolute atomic E-state index is 0.361. The molecule has 0 aromatic carbocycles. The summed E-state index contributed by atoms with van der Waals surface area (Å²) in [6, 6.07) is 0. The van der Waals surface area contributed by atoms with Crippen molar-refractivity contribution in [3.8, 4) is 0 Å². The molecule has 0 heterocycles. The summed E-state index contributed by atoms with van der Waals surface area (Å²) >= 11 is 0. The Morgan fingerprint density at radius 3 is 0.276 bits per heavy atom. The summed E-state index contributed by atoms with van der Waals surface area (Å²) in [6.45, 7) is 38.8. The number of hydrogen-bond donors (Lipinski definition) is 0. The average Bonchev–Trinajstić information content (AvgIpc) is 0.816. The first kappa shape index (κ1) is 109. The summed E-state index contributed by atoms with van der Waals surface area (Å²) < 4.78 is 81.8. The SMILES string of the molecule is CCC(C)(CC)C(=O)OCC(C)(COC(=O)C(C)(CC)CC)C(=O)OCC(C)(COC(=O)C(C)(COC(=O)C(C)(CC)CC)COC(=O)C(C)(CC)CC)C(=O)OCCOC(=O)C(C)(COC(=O)C(C)(COC(=O)C(C)(CC)CC)COC(=O)C(C)(CC)CC)COC(=O)C(C)(COC(=O)C(C)(CC)CC)COC(=O)C(C)(CC)CC. The summed E-state index contributed by atoms with van der Waals surface area (Å²) in [6.07, 6.45) is 5.78. The Bertz CT molecular complexity index is 2720. The van der Waals surface area contributed by atoms with E-state index in [9.17, 15) is 57.5 Å². The first-order chi connectivity index (χ1) is 53.6. The lowest BCUT2D eigenvalue weighted by atomic mass is 9.84. The van der Waals surface area contributed by atoms with Crippen molar-refractivity contribution in [3.63, 3.8) is 0 Å². The second-order valence-electron chi connectivity index (χ2n) is 35.7. The molecule has 28 heteroatoms. The summed E-state index contributed by atoms with van der Waals surface area (Å²) in [5.74, 6) is -12.5. The minimum Gasteiger partial charge on any atom is -0.464 e. The zero-order valence-corrected chi connectivity index (χ0v) is 76.6. The van der Waals surface area contributed by atoms with Gasteiger partial charge < -0.3 is 66.3 Å². The molecular weight excluding hydrogens is 1500 g/mol. The van der Waals surface area contributed by atoms with Gasteiger partial charge in [0.15, 0.2) is 0 Å². The average molecular weight is 1660 g/mol. The molecule has 0 rings (SSSR count). The van der Waals surface area contributed by atoms with Gasteiger partial charge in [-0.3, -0.25) is 67.1 Å². The van der Waals surface area contributed by atoms with Crippen LogP contribution < -0.4 is 0 Å². The van der Waals surface area contributed by atoms with Gasteiger partial charge in [-0.1, -0.05) is 111 Å². The largest absolute Gasteiger partial charge is 0.464 e. The van der Waals surface area contributed by atoms with Crippen LogP contribution in [0.3, 0.4) is 0 Å². The molecule has 0 spiro atoms. The summed E-state index contributed by atoms with van der Waals surface area (Å²) in [5, 5.41) is 0. The Kier molecular flexibility index (Phi) is 43.3. The smallest absolute Gasteiger partial charge is 0.318 e. The Balaban J connectivity index is 8.53. The first-order valence-electron chi connectivity index (χ1n) is 42.0. The van der Waals surface area contributed by atoms with Gasteiger partial charge in [0.05, 0.1) is 43.3 Å². The van der Waals surface area contributed by atoms with E-state index >= 15 is 9.59 Å². The van der Waals surface area contributed by atoms with Crippen molar-refractivity contribution < 1.29 is 133 Å². The molecule has 0 saturated carbocycles. The lowest BCUT2D eigenvalue weighted by molar-refractivity contribution is -0.191. The van der Waals surface area contributed by atoms with Crippen LogP contribution >= 0.6 is 0 Å². The number of esters is 14. The maximum absolute atomic E-state index is 15.0. The Morgan fingerprint density at radius 2 is 0.198 bits per heavy atom. The molecule has 670 valence electrons. The van der Waals surface area contributed by atoms with Crippen molar-refractivity contribution in [2.45, 2.75) is 310 Å². The van der Waals surface area contributed by atoms with E-state index in [0.29, 0.717) is 103 Å². The van der Waals surface area contributed by atoms with Gasteiger partial charge >= 0.3 is 83.6 Å². The lowest BCUT2D eigenvalue weighted by Crippen LogP contribution is -2.48. The normalized spacial score (nSPS) is 13.1. The lowest BCUT2D eigenvalue weighted by Gasteiger charge is -2.34. The molecular formula is C88H150O28. The molecule has 116 heavy (non-hydrogen) atoms. The molecule has 0 aliphatic carbocycles. The van der Waals surface area contributed by atoms with Crippen molar-refractivity contribution >= 4 is 83.6 Å². The molecule has 0 aromatic rings. The van der Waals surface area contributed by atoms with Crippen LogP contribution in [0.4, 0.5) is 0 Å². The van der Waals surface area contributed by atoms with E-state index < -0.39 is 252 Å². The molecule has 0 aliphatic heterocycles. The molecule has 0 saturated heterocycles. The Morgan fingerprint density at radius 1 is 0.129 bits per heavy atom. The van der Waals surface area contributed by atoms with Gasteiger partial charge in [0.1, 0.15) is 125 Å². The quantitative estimate of drug-likeness (QED) is 0.0310. The van der Waals surface area contributed by atoms with Crippen LogP contribution in [-0.4, -0.2) is 176 Å². The molecule has 0 aliphatic rings. The molecule has 0 atom stereocenters. The van der Waals surface area contributed by atoms with E-state index in [1.807, 2.05) is 0 Å². The van der Waals surface area contributed by atoms with Crippen molar-refractivity contribution in [3.05, 3.63) is 0 Å². The van der Waals surface area contributed by atoms with Crippen LogP contribution in [0.25, 0.3) is 0 Å². The van der Waals surface area contributed by atoms with E-state index in [2.05, 4.69) is 0 Å². The van der Waals surface area contributed by atoms with Gasteiger partial charge in [0.2, 0.25) is 0 Å². The molecule has 0 fully saturated rings. The third-order valence-electron chi connectivity index (χ3n) is 26.2. The van der Waals surface area contributed by atoms with E-state index in [0.717, 1.165) is 0 Å². The van der Waals surface area contributed by atoms with Gasteiger partial charge in [0, 0.05) is 0 Å². The highest BCUT2D eigenvalue weighted by molar-refractivity contribution is 5.86. The number of hydrogen-bond acceptors (Lipinski definition) is 28. The van der Waals surface area contributed by atoms with Gasteiger partial charge in [-0.2, -0.15) is 0 Å². The van der Waals surface area contributed by atoms with Gasteiger partial charge in [0.25, 0.3) is 0 Å². The Hall–Kier alpha value is -7.42. The van der Waals surface area contributed by atoms with Crippen molar-refractivity contribution in [1.29, 1.82) is 0 Å². The van der Waals surface area contributed by atoms with Gasteiger partial charge in [-0.25, -0.2) is 0 Å². The molecule has 0 aromatic heterocycles. The van der Waals surface area contributed by atoms with Crippen LogP contribution in [0.2, 0.25) is 0 Å². The maximum Gasteiger partial charge on any atom is 0.318 e. The molecule has 0 amide bonds. The number of rotatable bonds is 57. The second-order valence-corrected chi connectivity index (χ2v) is 35.7. The number of ether oxygens (including phenoxy) is 14. The zero-order valence-electron chi connectivity index (χ0n) is 76.6. The summed E-state index contributed by atoms with van der Waals surface area (Å²) in [4.78, 5) is 199. The van der Waals surface area contributed by atoms with Crippen molar-refractivity contribution in [2.75, 3.05) is 92.5 Å². The van der Waals surface area contributed by atoms with Gasteiger partial charge in [-0.15, -0.1) is 0 Å². The zero-order chi connectivity index (χ0) is 90.2. The topological polar surface area (TPSA) is 368 Å². The standard InChI is InChI=1S/C88H150O28/c1-31-75(17,32-2)61(89)105-53-85(27,54-106-62(90)76(18,33-3)34-4)71(99)113-49-83(25,50-114-72(100)86(28,55-107-63(91)77(19,35-5)36-6)56-108-64(92)78(20,37-7)38-8)69(97)103-47-48-104-70(98)84(26,51-115-73(101)87(29,57-109-65(93)79(21,39-9)40-10)58-110-66(94)80(22,41-11)42-12)52-116-74(102)88(30,59-111-67(95)81(23,43-13)44-14)60-112-68(96)82(24,45-15)46-16/h31-60H2,1-30H3. The second kappa shape index (κ2) is 46.2. The van der Waals surface area contributed by atoms with E-state index in [1.54, 1.807) is 166 Å². The third-order valence-corrected chi connectivity index (χ3v) is 26.2. The van der Waals surface area contributed by atoms with Crippen LogP contribution in [0.15, 0.2) is 0 Å². The maximum atomic E-state index is 15.0. The predicted molar refractivity (Wildman–Crippen MR) is 432 cm³/mol. The summed E-state index contributed by atoms with van der Waals surface area (Å²) in [7, 11) is 0. The molecule has 0 unspecified atom stereocenters. The highest BCUT2D eigenvalue weighted by atomic mass is 16.6. The highest BCUT2D eigenvalue weighted by Gasteiger charge is 2.52. The van der Waals surface area contributed by atoms with E-state index in [-0.39, 0.29) is 0 Å². The molecule has 0 N–H and O–H groups in total. The fourth-order valence-electron chi connectivity index (χ4n) is 10.7. The first-order valence-corrected chi connectivity index (χ1v) is 42.0. The number of carbonyl (C=O) groups excluding carboxylic acids is 14. The summed E-state index contributed by atoms with van der Waals surface area (Å²) in [5.41, 5.74) is -20.3. The van der Waals surface area contributed by atoms with Crippen LogP contribution in [0.5, 0.6) is 0 Å². The van der Waals surface area contributed by atoms with E-state index in [4.69, 9.17) is 66.3 Å². The monoisotopic (exact) mass is 1660 g/mol. The minimum atomic E-state index is -2.26. The van der Waals surface area contributed by atoms with E-state index in [1.165, 1.54) is 41.5 Å².